The van der Waals surface area contributed by atoms with Gasteiger partial charge in [0, 0.05) is 20.2 Å². The van der Waals surface area contributed by atoms with Crippen molar-refractivity contribution in [2.24, 2.45) is 0 Å². The minimum atomic E-state index is -2.97. The Bertz CT molecular complexity index is 236. The van der Waals surface area contributed by atoms with Crippen molar-refractivity contribution in [3.63, 3.8) is 0 Å². The van der Waals surface area contributed by atoms with Crippen molar-refractivity contribution in [1.29, 1.82) is 0 Å². The zero-order valence-corrected chi connectivity index (χ0v) is 10.2. The molecule has 0 aliphatic rings. The van der Waals surface area contributed by atoms with E-state index in [1.54, 1.807) is 27.9 Å². The molecular formula is C9H21NO3S. The first-order chi connectivity index (χ1) is 6.42. The summed E-state index contributed by atoms with van der Waals surface area (Å²) in [5.74, 6) is 0. The van der Waals surface area contributed by atoms with E-state index < -0.39 is 9.84 Å². The molecule has 0 aromatic rings. The first-order valence-electron chi connectivity index (χ1n) is 4.85. The summed E-state index contributed by atoms with van der Waals surface area (Å²) in [6, 6.07) is 0. The Kier molecular flexibility index (Phi) is 6.31. The molecule has 0 rings (SSSR count). The molecule has 0 saturated carbocycles. The van der Waals surface area contributed by atoms with Gasteiger partial charge in [0.05, 0.1) is 17.1 Å². The van der Waals surface area contributed by atoms with Gasteiger partial charge in [-0.15, -0.1) is 0 Å². The molecular weight excluding hydrogens is 202 g/mol. The molecule has 0 heterocycles. The molecule has 0 spiro atoms. The van der Waals surface area contributed by atoms with E-state index in [9.17, 15) is 8.42 Å². The summed E-state index contributed by atoms with van der Waals surface area (Å²) < 4.78 is 28.1. The standard InChI is InChI=1S/C9H21NO3S/c1-8(2)14(11,12)9(3)7-10-5-6-13-4/h8-10H,5-7H2,1-4H3. The van der Waals surface area contributed by atoms with Crippen molar-refractivity contribution in [1.82, 2.24) is 5.32 Å². The van der Waals surface area contributed by atoms with Crippen LogP contribution >= 0.6 is 0 Å². The normalized spacial score (nSPS) is 14.6. The van der Waals surface area contributed by atoms with Gasteiger partial charge in [-0.3, -0.25) is 0 Å². The van der Waals surface area contributed by atoms with E-state index in [2.05, 4.69) is 5.32 Å². The molecule has 0 aliphatic carbocycles. The predicted molar refractivity (Wildman–Crippen MR) is 58.3 cm³/mol. The minimum absolute atomic E-state index is 0.304. The lowest BCUT2D eigenvalue weighted by molar-refractivity contribution is 0.199. The molecule has 1 unspecified atom stereocenters. The molecule has 86 valence electrons. The van der Waals surface area contributed by atoms with E-state index in [0.717, 1.165) is 0 Å². The Morgan fingerprint density at radius 2 is 1.86 bits per heavy atom. The molecule has 0 radical (unpaired) electrons. The molecule has 5 heteroatoms. The summed E-state index contributed by atoms with van der Waals surface area (Å²) in [5, 5.41) is 2.41. The Morgan fingerprint density at radius 3 is 2.29 bits per heavy atom. The lowest BCUT2D eigenvalue weighted by Crippen LogP contribution is -2.36. The second-order valence-electron chi connectivity index (χ2n) is 3.65. The van der Waals surface area contributed by atoms with Crippen molar-refractivity contribution in [3.05, 3.63) is 0 Å². The SMILES string of the molecule is COCCNCC(C)S(=O)(=O)C(C)C. The molecule has 1 atom stereocenters. The molecule has 0 aliphatic heterocycles. The topological polar surface area (TPSA) is 55.4 Å². The summed E-state index contributed by atoms with van der Waals surface area (Å²) in [4.78, 5) is 0. The lowest BCUT2D eigenvalue weighted by atomic mass is 10.4. The zero-order chi connectivity index (χ0) is 11.2. The Hall–Kier alpha value is -0.130. The fourth-order valence-corrected chi connectivity index (χ4v) is 2.34. The maximum Gasteiger partial charge on any atom is 0.156 e. The van der Waals surface area contributed by atoms with E-state index in [1.807, 2.05) is 0 Å². The maximum atomic E-state index is 11.6. The van der Waals surface area contributed by atoms with Crippen LogP contribution in [0.25, 0.3) is 0 Å². The molecule has 4 nitrogen and oxygen atoms in total. The molecule has 0 amide bonds. The van der Waals surface area contributed by atoms with Gasteiger partial charge in [0.25, 0.3) is 0 Å². The molecule has 0 fully saturated rings. The fraction of sp³-hybridized carbons (Fsp3) is 1.00. The van der Waals surface area contributed by atoms with Crippen LogP contribution in [-0.4, -0.2) is 45.7 Å². The van der Waals surface area contributed by atoms with Gasteiger partial charge in [-0.2, -0.15) is 0 Å². The molecule has 0 saturated heterocycles. The zero-order valence-electron chi connectivity index (χ0n) is 9.41. The third kappa shape index (κ3) is 4.39. The van der Waals surface area contributed by atoms with Crippen molar-refractivity contribution >= 4 is 9.84 Å². The van der Waals surface area contributed by atoms with Crippen molar-refractivity contribution in [2.45, 2.75) is 31.3 Å². The van der Waals surface area contributed by atoms with Gasteiger partial charge in [0.15, 0.2) is 9.84 Å². The van der Waals surface area contributed by atoms with Crippen LogP contribution in [-0.2, 0) is 14.6 Å². The number of ether oxygens (including phenoxy) is 1. The summed E-state index contributed by atoms with van der Waals surface area (Å²) in [7, 11) is -1.35. The summed E-state index contributed by atoms with van der Waals surface area (Å²) >= 11 is 0. The number of rotatable bonds is 7. The number of sulfone groups is 1. The highest BCUT2D eigenvalue weighted by molar-refractivity contribution is 7.92. The van der Waals surface area contributed by atoms with E-state index >= 15 is 0 Å². The van der Waals surface area contributed by atoms with Crippen molar-refractivity contribution in [2.75, 3.05) is 26.8 Å². The van der Waals surface area contributed by atoms with Crippen LogP contribution in [0.15, 0.2) is 0 Å². The fourth-order valence-electron chi connectivity index (χ4n) is 1.06. The summed E-state index contributed by atoms with van der Waals surface area (Å²) in [6.07, 6.45) is 0. The summed E-state index contributed by atoms with van der Waals surface area (Å²) in [5.41, 5.74) is 0. The average molecular weight is 223 g/mol. The van der Waals surface area contributed by atoms with Gasteiger partial charge in [-0.05, 0) is 20.8 Å². The predicted octanol–water partition coefficient (Wildman–Crippen LogP) is 0.434. The summed E-state index contributed by atoms with van der Waals surface area (Å²) in [6.45, 7) is 6.93. The van der Waals surface area contributed by atoms with Gasteiger partial charge in [-0.25, -0.2) is 8.42 Å². The maximum absolute atomic E-state index is 11.6. The van der Waals surface area contributed by atoms with E-state index in [4.69, 9.17) is 4.74 Å². The van der Waals surface area contributed by atoms with Gasteiger partial charge >= 0.3 is 0 Å². The van der Waals surface area contributed by atoms with Crippen LogP contribution in [0.2, 0.25) is 0 Å². The Balaban J connectivity index is 3.90. The number of hydrogen-bond donors (Lipinski definition) is 1. The first kappa shape index (κ1) is 13.9. The van der Waals surface area contributed by atoms with Gasteiger partial charge < -0.3 is 10.1 Å². The molecule has 14 heavy (non-hydrogen) atoms. The highest BCUT2D eigenvalue weighted by atomic mass is 32.2. The van der Waals surface area contributed by atoms with Crippen LogP contribution in [0, 0.1) is 0 Å². The minimum Gasteiger partial charge on any atom is -0.383 e. The quantitative estimate of drug-likeness (QED) is 0.636. The lowest BCUT2D eigenvalue weighted by Gasteiger charge is -2.16. The first-order valence-corrected chi connectivity index (χ1v) is 6.46. The van der Waals surface area contributed by atoms with Gasteiger partial charge in [-0.1, -0.05) is 0 Å². The Morgan fingerprint density at radius 1 is 1.29 bits per heavy atom. The second-order valence-corrected chi connectivity index (χ2v) is 6.57. The van der Waals surface area contributed by atoms with E-state index in [1.165, 1.54) is 0 Å². The second kappa shape index (κ2) is 6.37. The third-order valence-electron chi connectivity index (χ3n) is 2.13. The van der Waals surface area contributed by atoms with E-state index in [0.29, 0.717) is 19.7 Å². The molecule has 1 N–H and O–H groups in total. The third-order valence-corrected chi connectivity index (χ3v) is 4.74. The average Bonchev–Trinajstić information content (AvgIpc) is 2.11. The van der Waals surface area contributed by atoms with Gasteiger partial charge in [0.1, 0.15) is 0 Å². The number of hydrogen-bond acceptors (Lipinski definition) is 4. The highest BCUT2D eigenvalue weighted by Gasteiger charge is 2.23. The van der Waals surface area contributed by atoms with Gasteiger partial charge in [0.2, 0.25) is 0 Å². The van der Waals surface area contributed by atoms with E-state index in [-0.39, 0.29) is 10.5 Å². The number of nitrogens with one attached hydrogen (secondary N) is 1. The van der Waals surface area contributed by atoms with Crippen LogP contribution in [0.5, 0.6) is 0 Å². The van der Waals surface area contributed by atoms with Crippen LogP contribution in [0.4, 0.5) is 0 Å². The molecule has 0 bridgehead atoms. The largest absolute Gasteiger partial charge is 0.383 e. The van der Waals surface area contributed by atoms with Crippen LogP contribution in [0.1, 0.15) is 20.8 Å². The number of methoxy groups -OCH3 is 1. The molecule has 0 aromatic heterocycles. The monoisotopic (exact) mass is 223 g/mol. The van der Waals surface area contributed by atoms with Crippen molar-refractivity contribution in [3.8, 4) is 0 Å². The van der Waals surface area contributed by atoms with Crippen molar-refractivity contribution < 1.29 is 13.2 Å². The Labute approximate surface area is 86.9 Å². The molecule has 0 aromatic carbocycles. The highest BCUT2D eigenvalue weighted by Crippen LogP contribution is 2.07. The smallest absolute Gasteiger partial charge is 0.156 e. The van der Waals surface area contributed by atoms with Crippen LogP contribution in [0.3, 0.4) is 0 Å². The van der Waals surface area contributed by atoms with Crippen LogP contribution < -0.4 is 5.32 Å².